The lowest BCUT2D eigenvalue weighted by Crippen LogP contribution is -1.94. The lowest BCUT2D eigenvalue weighted by molar-refractivity contribution is -0.512. The Balaban J connectivity index is 1.89. The zero-order valence-corrected chi connectivity index (χ0v) is 4.50. The van der Waals surface area contributed by atoms with Gasteiger partial charge in [-0.2, -0.15) is 0 Å². The van der Waals surface area contributed by atoms with Gasteiger partial charge in [-0.25, -0.2) is 9.78 Å². The minimum absolute atomic E-state index is 0.345. The average molecular weight is 116 g/mol. The molecule has 0 radical (unpaired) electrons. The van der Waals surface area contributed by atoms with Gasteiger partial charge in [-0.15, -0.1) is 0 Å². The molecule has 0 amide bonds. The highest BCUT2D eigenvalue weighted by atomic mass is 17.5. The van der Waals surface area contributed by atoms with Crippen LogP contribution in [0.1, 0.15) is 12.8 Å². The number of hydrogen-bond donors (Lipinski definition) is 0. The monoisotopic (exact) mass is 116 g/mol. The van der Waals surface area contributed by atoms with Crippen LogP contribution in [0.4, 0.5) is 0 Å². The molecule has 2 atom stereocenters. The fourth-order valence-electron chi connectivity index (χ4n) is 0.953. The SMILES string of the molecule is C1CC2CC2OOO1. The van der Waals surface area contributed by atoms with Gasteiger partial charge in [-0.1, -0.05) is 5.04 Å². The highest BCUT2D eigenvalue weighted by molar-refractivity contribution is 4.86. The molecule has 1 aliphatic heterocycles. The van der Waals surface area contributed by atoms with Crippen molar-refractivity contribution in [3.63, 3.8) is 0 Å². The summed E-state index contributed by atoms with van der Waals surface area (Å²) in [5, 5.41) is 4.35. The number of rotatable bonds is 0. The van der Waals surface area contributed by atoms with Crippen LogP contribution in [0.3, 0.4) is 0 Å². The summed E-state index contributed by atoms with van der Waals surface area (Å²) >= 11 is 0. The van der Waals surface area contributed by atoms with E-state index in [0.29, 0.717) is 12.7 Å². The van der Waals surface area contributed by atoms with Crippen molar-refractivity contribution in [3.05, 3.63) is 0 Å². The van der Waals surface area contributed by atoms with Crippen LogP contribution < -0.4 is 0 Å². The molecule has 3 nitrogen and oxygen atoms in total. The predicted octanol–water partition coefficient (Wildman–Crippen LogP) is 0.658. The highest BCUT2D eigenvalue weighted by Crippen LogP contribution is 2.38. The van der Waals surface area contributed by atoms with Crippen LogP contribution in [0, 0.1) is 5.92 Å². The van der Waals surface area contributed by atoms with Crippen LogP contribution >= 0.6 is 0 Å². The predicted molar refractivity (Wildman–Crippen MR) is 24.6 cm³/mol. The van der Waals surface area contributed by atoms with Crippen molar-refractivity contribution in [2.24, 2.45) is 5.92 Å². The summed E-state index contributed by atoms with van der Waals surface area (Å²) in [4.78, 5) is 9.33. The molecule has 1 heterocycles. The van der Waals surface area contributed by atoms with E-state index in [9.17, 15) is 0 Å². The van der Waals surface area contributed by atoms with Gasteiger partial charge in [0.25, 0.3) is 0 Å². The molecule has 2 fully saturated rings. The third kappa shape index (κ3) is 0.727. The quantitative estimate of drug-likeness (QED) is 0.435. The first-order valence-electron chi connectivity index (χ1n) is 2.92. The van der Waals surface area contributed by atoms with Crippen molar-refractivity contribution in [1.29, 1.82) is 0 Å². The Morgan fingerprint density at radius 2 is 2.38 bits per heavy atom. The van der Waals surface area contributed by atoms with Gasteiger partial charge in [-0.3, -0.25) is 0 Å². The van der Waals surface area contributed by atoms with E-state index in [0.717, 1.165) is 18.8 Å². The van der Waals surface area contributed by atoms with Crippen molar-refractivity contribution in [2.75, 3.05) is 6.61 Å². The summed E-state index contributed by atoms with van der Waals surface area (Å²) in [6, 6.07) is 0. The van der Waals surface area contributed by atoms with Gasteiger partial charge >= 0.3 is 0 Å². The molecule has 0 aromatic rings. The summed E-state index contributed by atoms with van der Waals surface area (Å²) in [5.74, 6) is 0.720. The van der Waals surface area contributed by atoms with Gasteiger partial charge in [0.05, 0.1) is 12.7 Å². The molecule has 0 bridgehead atoms. The molecule has 1 saturated heterocycles. The standard InChI is InChI=1S/C5H8O3/c1-2-6-8-7-5-3-4(1)5/h4-5H,1-3H2. The second kappa shape index (κ2) is 1.69. The van der Waals surface area contributed by atoms with Crippen molar-refractivity contribution in [1.82, 2.24) is 0 Å². The van der Waals surface area contributed by atoms with Gasteiger partial charge in [-0.05, 0) is 18.8 Å². The Morgan fingerprint density at radius 3 is 3.38 bits per heavy atom. The van der Waals surface area contributed by atoms with Crippen molar-refractivity contribution in [2.45, 2.75) is 18.9 Å². The van der Waals surface area contributed by atoms with E-state index in [1.165, 1.54) is 0 Å². The Morgan fingerprint density at radius 1 is 1.38 bits per heavy atom. The largest absolute Gasteiger partial charge is 0.206 e. The molecule has 2 rings (SSSR count). The lowest BCUT2D eigenvalue weighted by atomic mass is 10.3. The van der Waals surface area contributed by atoms with E-state index in [1.807, 2.05) is 0 Å². The molecule has 0 N–H and O–H groups in total. The van der Waals surface area contributed by atoms with Gasteiger partial charge in [0.1, 0.15) is 0 Å². The smallest absolute Gasteiger partial charge is 0.0994 e. The third-order valence-corrected chi connectivity index (χ3v) is 1.64. The fraction of sp³-hybridized carbons (Fsp3) is 1.00. The van der Waals surface area contributed by atoms with Crippen LogP contribution in [0.5, 0.6) is 0 Å². The van der Waals surface area contributed by atoms with E-state index in [4.69, 9.17) is 4.89 Å². The second-order valence-corrected chi connectivity index (χ2v) is 2.31. The van der Waals surface area contributed by atoms with Crippen LogP contribution in [0.2, 0.25) is 0 Å². The van der Waals surface area contributed by atoms with Crippen molar-refractivity contribution >= 4 is 0 Å². The van der Waals surface area contributed by atoms with Crippen LogP contribution in [-0.2, 0) is 14.8 Å². The maximum absolute atomic E-state index is 4.75. The van der Waals surface area contributed by atoms with Crippen molar-refractivity contribution in [3.8, 4) is 0 Å². The molecule has 0 spiro atoms. The normalized spacial score (nSPS) is 45.0. The molecule has 2 unspecified atom stereocenters. The Bertz CT molecular complexity index is 83.7. The summed E-state index contributed by atoms with van der Waals surface area (Å²) in [5.41, 5.74) is 0. The minimum Gasteiger partial charge on any atom is -0.206 e. The molecule has 1 saturated carbocycles. The van der Waals surface area contributed by atoms with Gasteiger partial charge in [0.15, 0.2) is 0 Å². The lowest BCUT2D eigenvalue weighted by Gasteiger charge is -1.94. The highest BCUT2D eigenvalue weighted by Gasteiger charge is 2.40. The molecule has 8 heavy (non-hydrogen) atoms. The second-order valence-electron chi connectivity index (χ2n) is 2.31. The van der Waals surface area contributed by atoms with E-state index >= 15 is 0 Å². The maximum Gasteiger partial charge on any atom is 0.0994 e. The number of fused-ring (bicyclic) bond motifs is 1. The first-order chi connectivity index (χ1) is 3.97. The van der Waals surface area contributed by atoms with Crippen LogP contribution in [0.25, 0.3) is 0 Å². The van der Waals surface area contributed by atoms with Crippen LogP contribution in [0.15, 0.2) is 0 Å². The van der Waals surface area contributed by atoms with E-state index in [-0.39, 0.29) is 0 Å². The minimum atomic E-state index is 0.345. The van der Waals surface area contributed by atoms with Gasteiger partial charge < -0.3 is 0 Å². The molecule has 0 aromatic heterocycles. The molecule has 1 aliphatic carbocycles. The molecule has 0 aromatic carbocycles. The average Bonchev–Trinajstić information content (AvgIpc) is 2.36. The van der Waals surface area contributed by atoms with Crippen molar-refractivity contribution < 1.29 is 14.8 Å². The Kier molecular flexibility index (Phi) is 0.997. The Hall–Kier alpha value is -0.120. The molecular weight excluding hydrogens is 108 g/mol. The van der Waals surface area contributed by atoms with E-state index in [1.54, 1.807) is 0 Å². The molecule has 3 heteroatoms. The first-order valence-corrected chi connectivity index (χ1v) is 2.92. The number of hydrogen-bond acceptors (Lipinski definition) is 3. The fourth-order valence-corrected chi connectivity index (χ4v) is 0.953. The van der Waals surface area contributed by atoms with Gasteiger partial charge in [0, 0.05) is 0 Å². The first kappa shape index (κ1) is 4.73. The maximum atomic E-state index is 4.75. The summed E-state index contributed by atoms with van der Waals surface area (Å²) in [6.07, 6.45) is 2.59. The third-order valence-electron chi connectivity index (χ3n) is 1.64. The zero-order chi connectivity index (χ0) is 5.40. The molecule has 2 aliphatic rings. The van der Waals surface area contributed by atoms with Crippen LogP contribution in [-0.4, -0.2) is 12.7 Å². The Labute approximate surface area is 47.4 Å². The topological polar surface area (TPSA) is 27.7 Å². The van der Waals surface area contributed by atoms with Gasteiger partial charge in [0.2, 0.25) is 0 Å². The zero-order valence-electron chi connectivity index (χ0n) is 4.50. The van der Waals surface area contributed by atoms with E-state index < -0.39 is 0 Å². The summed E-state index contributed by atoms with van der Waals surface area (Å²) in [7, 11) is 0. The van der Waals surface area contributed by atoms with E-state index in [2.05, 4.69) is 9.93 Å². The molecular formula is C5H8O3. The summed E-state index contributed by atoms with van der Waals surface area (Å²) < 4.78 is 0. The summed E-state index contributed by atoms with van der Waals surface area (Å²) in [6.45, 7) is 0.682. The molecule has 46 valence electrons.